The first-order chi connectivity index (χ1) is 7.20. The molecule has 1 heterocycles. The zero-order valence-corrected chi connectivity index (χ0v) is 11.4. The van der Waals surface area contributed by atoms with Crippen molar-refractivity contribution in [2.24, 2.45) is 5.73 Å². The van der Waals surface area contributed by atoms with E-state index in [2.05, 4.69) is 15.9 Å². The van der Waals surface area contributed by atoms with E-state index in [1.165, 1.54) is 17.4 Å². The zero-order valence-electron chi connectivity index (χ0n) is 8.19. The number of nitrogens with two attached hydrogens (primary N) is 1. The van der Waals surface area contributed by atoms with Gasteiger partial charge in [-0.15, -0.1) is 23.7 Å². The molecule has 0 saturated heterocycles. The summed E-state index contributed by atoms with van der Waals surface area (Å²) in [6.45, 7) is 0. The lowest BCUT2D eigenvalue weighted by atomic mass is 10.1. The van der Waals surface area contributed by atoms with E-state index < -0.39 is 6.04 Å². The topological polar surface area (TPSA) is 26.0 Å². The standard InChI is InChI=1S/C11H9BrFNS.ClH/c12-7-3-1-4-8(13)10(7)11(14)9-5-2-6-15-9;/h1-6,11H,14H2;1H/t11-;/m1./s1. The molecule has 0 amide bonds. The van der Waals surface area contributed by atoms with Crippen LogP contribution >= 0.6 is 39.7 Å². The van der Waals surface area contributed by atoms with E-state index in [1.807, 2.05) is 17.5 Å². The van der Waals surface area contributed by atoms with Crippen molar-refractivity contribution >= 4 is 39.7 Å². The molecule has 0 saturated carbocycles. The van der Waals surface area contributed by atoms with Crippen molar-refractivity contribution in [3.63, 3.8) is 0 Å². The summed E-state index contributed by atoms with van der Waals surface area (Å²) in [6, 6.07) is 8.30. The summed E-state index contributed by atoms with van der Waals surface area (Å²) in [5.41, 5.74) is 6.52. The van der Waals surface area contributed by atoms with Crippen LogP contribution in [-0.4, -0.2) is 0 Å². The Bertz CT molecular complexity index is 441. The molecule has 0 fully saturated rings. The summed E-state index contributed by atoms with van der Waals surface area (Å²) in [5, 5.41) is 1.93. The zero-order chi connectivity index (χ0) is 10.8. The van der Waals surface area contributed by atoms with E-state index in [0.29, 0.717) is 10.0 Å². The summed E-state index contributed by atoms with van der Waals surface area (Å²) >= 11 is 4.85. The van der Waals surface area contributed by atoms with E-state index >= 15 is 0 Å². The second-order valence-electron chi connectivity index (χ2n) is 3.13. The molecule has 1 aromatic heterocycles. The smallest absolute Gasteiger partial charge is 0.129 e. The minimum absolute atomic E-state index is 0. The largest absolute Gasteiger partial charge is 0.319 e. The third-order valence-electron chi connectivity index (χ3n) is 2.16. The number of benzene rings is 1. The Balaban J connectivity index is 0.00000128. The molecule has 0 unspecified atom stereocenters. The van der Waals surface area contributed by atoms with E-state index in [4.69, 9.17) is 5.73 Å². The van der Waals surface area contributed by atoms with E-state index in [-0.39, 0.29) is 18.2 Å². The first-order valence-corrected chi connectivity index (χ1v) is 6.10. The fourth-order valence-electron chi connectivity index (χ4n) is 1.42. The highest BCUT2D eigenvalue weighted by molar-refractivity contribution is 9.10. The van der Waals surface area contributed by atoms with Gasteiger partial charge in [0.25, 0.3) is 0 Å². The van der Waals surface area contributed by atoms with Crippen molar-refractivity contribution in [2.75, 3.05) is 0 Å². The molecule has 86 valence electrons. The van der Waals surface area contributed by atoms with Crippen LogP contribution in [0.4, 0.5) is 4.39 Å². The van der Waals surface area contributed by atoms with Crippen molar-refractivity contribution in [3.05, 3.63) is 56.4 Å². The summed E-state index contributed by atoms with van der Waals surface area (Å²) in [5.74, 6) is -0.273. The van der Waals surface area contributed by atoms with Crippen molar-refractivity contribution in [3.8, 4) is 0 Å². The normalized spacial score (nSPS) is 11.9. The SMILES string of the molecule is Cl.N[C@H](c1cccs1)c1c(F)cccc1Br. The van der Waals surface area contributed by atoms with Crippen LogP contribution in [0, 0.1) is 5.82 Å². The average Bonchev–Trinajstić information content (AvgIpc) is 2.69. The number of hydrogen-bond acceptors (Lipinski definition) is 2. The van der Waals surface area contributed by atoms with Crippen molar-refractivity contribution in [1.82, 2.24) is 0 Å². The maximum atomic E-state index is 13.6. The predicted molar refractivity (Wildman–Crippen MR) is 71.7 cm³/mol. The van der Waals surface area contributed by atoms with Gasteiger partial charge < -0.3 is 5.73 Å². The summed E-state index contributed by atoms with van der Waals surface area (Å²) in [4.78, 5) is 0.959. The molecule has 0 aliphatic rings. The fraction of sp³-hybridized carbons (Fsp3) is 0.0909. The first-order valence-electron chi connectivity index (χ1n) is 4.43. The maximum absolute atomic E-state index is 13.6. The monoisotopic (exact) mass is 321 g/mol. The average molecular weight is 323 g/mol. The van der Waals surface area contributed by atoms with Crippen molar-refractivity contribution in [1.29, 1.82) is 0 Å². The van der Waals surface area contributed by atoms with Crippen molar-refractivity contribution < 1.29 is 4.39 Å². The predicted octanol–water partition coefficient (Wildman–Crippen LogP) is 4.12. The lowest BCUT2D eigenvalue weighted by Crippen LogP contribution is -2.12. The maximum Gasteiger partial charge on any atom is 0.129 e. The second kappa shape index (κ2) is 5.77. The summed E-state index contributed by atoms with van der Waals surface area (Å²) in [7, 11) is 0. The Labute approximate surface area is 112 Å². The van der Waals surface area contributed by atoms with Gasteiger partial charge in [0.15, 0.2) is 0 Å². The van der Waals surface area contributed by atoms with Crippen LogP contribution in [0.5, 0.6) is 0 Å². The molecule has 2 rings (SSSR count). The van der Waals surface area contributed by atoms with Crippen LogP contribution in [0.1, 0.15) is 16.5 Å². The molecule has 1 atom stereocenters. The second-order valence-corrected chi connectivity index (χ2v) is 4.96. The third kappa shape index (κ3) is 2.63. The number of halogens is 3. The Morgan fingerprint density at radius 2 is 2.00 bits per heavy atom. The molecule has 16 heavy (non-hydrogen) atoms. The number of thiophene rings is 1. The third-order valence-corrected chi connectivity index (χ3v) is 3.81. The highest BCUT2D eigenvalue weighted by atomic mass is 79.9. The van der Waals surface area contributed by atoms with Gasteiger partial charge in [-0.1, -0.05) is 28.1 Å². The molecule has 0 radical (unpaired) electrons. The van der Waals surface area contributed by atoms with Gasteiger partial charge in [-0.2, -0.15) is 0 Å². The van der Waals surface area contributed by atoms with Gasteiger partial charge in [0.2, 0.25) is 0 Å². The van der Waals surface area contributed by atoms with Crippen LogP contribution < -0.4 is 5.73 Å². The van der Waals surface area contributed by atoms with E-state index in [1.54, 1.807) is 12.1 Å². The lowest BCUT2D eigenvalue weighted by Gasteiger charge is -2.12. The highest BCUT2D eigenvalue weighted by Gasteiger charge is 2.17. The Morgan fingerprint density at radius 3 is 2.56 bits per heavy atom. The molecule has 1 nitrogen and oxygen atoms in total. The molecule has 0 bridgehead atoms. The minimum atomic E-state index is -0.402. The van der Waals surface area contributed by atoms with Gasteiger partial charge in [-0.3, -0.25) is 0 Å². The molecular weight excluding hydrogens is 313 g/mol. The summed E-state index contributed by atoms with van der Waals surface area (Å²) < 4.78 is 14.3. The van der Waals surface area contributed by atoms with Gasteiger partial charge in [-0.05, 0) is 23.6 Å². The molecule has 1 aromatic carbocycles. The molecule has 2 aromatic rings. The van der Waals surface area contributed by atoms with Crippen molar-refractivity contribution in [2.45, 2.75) is 6.04 Å². The minimum Gasteiger partial charge on any atom is -0.319 e. The van der Waals surface area contributed by atoms with Crippen LogP contribution in [0.2, 0.25) is 0 Å². The van der Waals surface area contributed by atoms with Gasteiger partial charge in [0.05, 0.1) is 6.04 Å². The van der Waals surface area contributed by atoms with Crippen LogP contribution in [0.25, 0.3) is 0 Å². The van der Waals surface area contributed by atoms with Gasteiger partial charge >= 0.3 is 0 Å². The summed E-state index contributed by atoms with van der Waals surface area (Å²) in [6.07, 6.45) is 0. The fourth-order valence-corrected chi connectivity index (χ4v) is 2.74. The Morgan fingerprint density at radius 1 is 1.25 bits per heavy atom. The van der Waals surface area contributed by atoms with E-state index in [0.717, 1.165) is 4.88 Å². The molecular formula is C11H10BrClFNS. The van der Waals surface area contributed by atoms with Gasteiger partial charge in [0, 0.05) is 14.9 Å². The van der Waals surface area contributed by atoms with Gasteiger partial charge in [0.1, 0.15) is 5.82 Å². The Hall–Kier alpha value is -0.420. The molecule has 2 N–H and O–H groups in total. The number of rotatable bonds is 2. The highest BCUT2D eigenvalue weighted by Crippen LogP contribution is 2.30. The van der Waals surface area contributed by atoms with Gasteiger partial charge in [-0.25, -0.2) is 4.39 Å². The molecule has 0 aliphatic heterocycles. The first kappa shape index (κ1) is 13.6. The Kier molecular flexibility index (Phi) is 4.92. The molecule has 0 spiro atoms. The van der Waals surface area contributed by atoms with Crippen LogP contribution in [0.15, 0.2) is 40.2 Å². The molecule has 0 aliphatic carbocycles. The molecule has 5 heteroatoms. The van der Waals surface area contributed by atoms with Crippen LogP contribution in [0.3, 0.4) is 0 Å². The van der Waals surface area contributed by atoms with E-state index in [9.17, 15) is 4.39 Å². The number of hydrogen-bond donors (Lipinski definition) is 1. The lowest BCUT2D eigenvalue weighted by molar-refractivity contribution is 0.599. The van der Waals surface area contributed by atoms with Crippen LogP contribution in [-0.2, 0) is 0 Å². The quantitative estimate of drug-likeness (QED) is 0.884.